The zero-order valence-corrected chi connectivity index (χ0v) is 10.0. The van der Waals surface area contributed by atoms with Crippen molar-refractivity contribution in [3.8, 4) is 0 Å². The molecule has 1 fully saturated rings. The van der Waals surface area contributed by atoms with Gasteiger partial charge in [0.1, 0.15) is 0 Å². The largest absolute Gasteiger partial charge is 0.330 e. The Kier molecular flexibility index (Phi) is 2.77. The molecule has 5 heteroatoms. The molecule has 0 aromatic heterocycles. The van der Waals surface area contributed by atoms with Gasteiger partial charge in [-0.3, -0.25) is 0 Å². The molecule has 0 amide bonds. The van der Waals surface area contributed by atoms with Crippen molar-refractivity contribution in [1.82, 2.24) is 4.72 Å². The van der Waals surface area contributed by atoms with E-state index in [2.05, 4.69) is 4.72 Å². The van der Waals surface area contributed by atoms with Gasteiger partial charge in [-0.05, 0) is 37.6 Å². The first kappa shape index (κ1) is 11.6. The molecule has 1 saturated carbocycles. The summed E-state index contributed by atoms with van der Waals surface area (Å²) in [5.41, 5.74) is 6.98. The summed E-state index contributed by atoms with van der Waals surface area (Å²) in [5.74, 6) is 0. The third-order valence-electron chi connectivity index (χ3n) is 3.29. The van der Waals surface area contributed by atoms with Gasteiger partial charge in [-0.25, -0.2) is 13.1 Å². The van der Waals surface area contributed by atoms with Gasteiger partial charge < -0.3 is 5.73 Å². The predicted molar refractivity (Wildman–Crippen MR) is 62.7 cm³/mol. The summed E-state index contributed by atoms with van der Waals surface area (Å²) in [7, 11) is -1.92. The maximum Gasteiger partial charge on any atom is 0.240 e. The highest BCUT2D eigenvalue weighted by Crippen LogP contribution is 2.47. The lowest BCUT2D eigenvalue weighted by molar-refractivity contribution is 0.588. The van der Waals surface area contributed by atoms with Crippen LogP contribution in [0.5, 0.6) is 0 Å². The standard InChI is InChI=1S/C11H16N2O2S/c1-13-16(14,15)10-4-2-9(3-5-10)11(8-12)6-7-11/h2-5,13H,6-8,12H2,1H3. The van der Waals surface area contributed by atoms with E-state index in [0.29, 0.717) is 11.4 Å². The summed E-state index contributed by atoms with van der Waals surface area (Å²) in [6.45, 7) is 0.630. The summed E-state index contributed by atoms with van der Waals surface area (Å²) in [6, 6.07) is 7.00. The maximum absolute atomic E-state index is 11.5. The summed E-state index contributed by atoms with van der Waals surface area (Å²) >= 11 is 0. The van der Waals surface area contributed by atoms with Crippen LogP contribution in [0.15, 0.2) is 29.2 Å². The molecule has 0 radical (unpaired) electrons. The average molecular weight is 240 g/mol. The van der Waals surface area contributed by atoms with E-state index in [4.69, 9.17) is 5.73 Å². The minimum atomic E-state index is -3.33. The molecule has 0 heterocycles. The lowest BCUT2D eigenvalue weighted by atomic mass is 9.96. The molecular weight excluding hydrogens is 224 g/mol. The second-order valence-electron chi connectivity index (χ2n) is 4.22. The molecule has 1 aliphatic rings. The highest BCUT2D eigenvalue weighted by Gasteiger charge is 2.42. The molecular formula is C11H16N2O2S. The molecule has 88 valence electrons. The maximum atomic E-state index is 11.5. The van der Waals surface area contributed by atoms with Gasteiger partial charge >= 0.3 is 0 Å². The molecule has 1 aromatic carbocycles. The molecule has 16 heavy (non-hydrogen) atoms. The molecule has 4 nitrogen and oxygen atoms in total. The van der Waals surface area contributed by atoms with Crippen molar-refractivity contribution >= 4 is 10.0 Å². The van der Waals surface area contributed by atoms with Crippen LogP contribution >= 0.6 is 0 Å². The van der Waals surface area contributed by atoms with E-state index in [9.17, 15) is 8.42 Å². The van der Waals surface area contributed by atoms with Crippen LogP contribution < -0.4 is 10.5 Å². The average Bonchev–Trinajstić information content (AvgIpc) is 3.10. The summed E-state index contributed by atoms with van der Waals surface area (Å²) in [6.07, 6.45) is 2.20. The fourth-order valence-electron chi connectivity index (χ4n) is 1.87. The topological polar surface area (TPSA) is 72.2 Å². The number of nitrogens with one attached hydrogen (secondary N) is 1. The lowest BCUT2D eigenvalue weighted by Gasteiger charge is -2.13. The lowest BCUT2D eigenvalue weighted by Crippen LogP contribution is -2.21. The van der Waals surface area contributed by atoms with E-state index in [0.717, 1.165) is 18.4 Å². The first-order chi connectivity index (χ1) is 7.54. The summed E-state index contributed by atoms with van der Waals surface area (Å²) in [5, 5.41) is 0. The van der Waals surface area contributed by atoms with Gasteiger partial charge in [0.15, 0.2) is 0 Å². The van der Waals surface area contributed by atoms with E-state index in [1.165, 1.54) is 7.05 Å². The Hall–Kier alpha value is -0.910. The van der Waals surface area contributed by atoms with Crippen LogP contribution in [0, 0.1) is 0 Å². The van der Waals surface area contributed by atoms with Crippen molar-refractivity contribution in [2.75, 3.05) is 13.6 Å². The number of hydrogen-bond donors (Lipinski definition) is 2. The van der Waals surface area contributed by atoms with Crippen molar-refractivity contribution in [2.24, 2.45) is 5.73 Å². The molecule has 2 rings (SSSR count). The van der Waals surface area contributed by atoms with Gasteiger partial charge in [0.2, 0.25) is 10.0 Å². The Morgan fingerprint density at radius 1 is 1.31 bits per heavy atom. The minimum Gasteiger partial charge on any atom is -0.330 e. The van der Waals surface area contributed by atoms with E-state index < -0.39 is 10.0 Å². The van der Waals surface area contributed by atoms with Crippen molar-refractivity contribution in [2.45, 2.75) is 23.2 Å². The summed E-state index contributed by atoms with van der Waals surface area (Å²) in [4.78, 5) is 0.298. The second-order valence-corrected chi connectivity index (χ2v) is 6.10. The van der Waals surface area contributed by atoms with Crippen LogP contribution in [-0.2, 0) is 15.4 Å². The van der Waals surface area contributed by atoms with Gasteiger partial charge in [0, 0.05) is 12.0 Å². The van der Waals surface area contributed by atoms with Gasteiger partial charge in [-0.1, -0.05) is 12.1 Å². The van der Waals surface area contributed by atoms with Gasteiger partial charge in [0.05, 0.1) is 4.90 Å². The fourth-order valence-corrected chi connectivity index (χ4v) is 2.60. The molecule has 0 unspecified atom stereocenters. The van der Waals surface area contributed by atoms with Crippen molar-refractivity contribution in [1.29, 1.82) is 0 Å². The first-order valence-corrected chi connectivity index (χ1v) is 6.77. The van der Waals surface area contributed by atoms with Crippen LogP contribution in [-0.4, -0.2) is 22.0 Å². The van der Waals surface area contributed by atoms with Crippen molar-refractivity contribution in [3.05, 3.63) is 29.8 Å². The quantitative estimate of drug-likeness (QED) is 0.809. The minimum absolute atomic E-state index is 0.113. The third-order valence-corrected chi connectivity index (χ3v) is 4.72. The zero-order valence-electron chi connectivity index (χ0n) is 9.23. The number of nitrogens with two attached hydrogens (primary N) is 1. The fraction of sp³-hybridized carbons (Fsp3) is 0.455. The SMILES string of the molecule is CNS(=O)(=O)c1ccc(C2(CN)CC2)cc1. The van der Waals surface area contributed by atoms with Crippen molar-refractivity contribution < 1.29 is 8.42 Å². The van der Waals surface area contributed by atoms with Crippen molar-refractivity contribution in [3.63, 3.8) is 0 Å². The van der Waals surface area contributed by atoms with E-state index in [1.54, 1.807) is 12.1 Å². The number of rotatable bonds is 4. The molecule has 0 aliphatic heterocycles. The van der Waals surface area contributed by atoms with Crippen LogP contribution in [0.1, 0.15) is 18.4 Å². The Morgan fingerprint density at radius 3 is 2.25 bits per heavy atom. The van der Waals surface area contributed by atoms with Crippen LogP contribution in [0.4, 0.5) is 0 Å². The number of hydrogen-bond acceptors (Lipinski definition) is 3. The summed E-state index contributed by atoms with van der Waals surface area (Å²) < 4.78 is 25.3. The van der Waals surface area contributed by atoms with Gasteiger partial charge in [-0.2, -0.15) is 0 Å². The van der Waals surface area contributed by atoms with E-state index >= 15 is 0 Å². The smallest absolute Gasteiger partial charge is 0.240 e. The molecule has 0 bridgehead atoms. The second kappa shape index (κ2) is 3.84. The van der Waals surface area contributed by atoms with E-state index in [-0.39, 0.29) is 5.41 Å². The number of benzene rings is 1. The van der Waals surface area contributed by atoms with Crippen LogP contribution in [0.2, 0.25) is 0 Å². The molecule has 0 saturated heterocycles. The zero-order chi connectivity index (χ0) is 11.8. The molecule has 1 aromatic rings. The Morgan fingerprint density at radius 2 is 1.88 bits per heavy atom. The molecule has 3 N–H and O–H groups in total. The Labute approximate surface area is 95.9 Å². The first-order valence-electron chi connectivity index (χ1n) is 5.28. The normalized spacial score (nSPS) is 18.4. The molecule has 0 atom stereocenters. The van der Waals surface area contributed by atoms with Gasteiger partial charge in [-0.15, -0.1) is 0 Å². The molecule has 1 aliphatic carbocycles. The predicted octanol–water partition coefficient (Wildman–Crippen LogP) is 0.585. The highest BCUT2D eigenvalue weighted by molar-refractivity contribution is 7.89. The van der Waals surface area contributed by atoms with Gasteiger partial charge in [0.25, 0.3) is 0 Å². The Balaban J connectivity index is 2.31. The highest BCUT2D eigenvalue weighted by atomic mass is 32.2. The monoisotopic (exact) mass is 240 g/mol. The Bertz CT molecular complexity index is 475. The van der Waals surface area contributed by atoms with Crippen LogP contribution in [0.3, 0.4) is 0 Å². The molecule has 0 spiro atoms. The van der Waals surface area contributed by atoms with Crippen LogP contribution in [0.25, 0.3) is 0 Å². The van der Waals surface area contributed by atoms with E-state index in [1.807, 2.05) is 12.1 Å². The number of sulfonamides is 1. The third kappa shape index (κ3) is 1.86.